The molecular weight excluding hydrogens is 411 g/mol. The van der Waals surface area contributed by atoms with Gasteiger partial charge < -0.3 is 14.1 Å². The molecule has 1 amide bonds. The lowest BCUT2D eigenvalue weighted by atomic mass is 10.2. The highest BCUT2D eigenvalue weighted by Crippen LogP contribution is 2.22. The molecule has 0 radical (unpaired) electrons. The van der Waals surface area contributed by atoms with E-state index in [4.69, 9.17) is 20.8 Å². The number of rotatable bonds is 5. The van der Waals surface area contributed by atoms with Crippen molar-refractivity contribution in [3.63, 3.8) is 0 Å². The molecule has 0 saturated carbocycles. The number of piperazine rings is 1. The van der Waals surface area contributed by atoms with Crippen LogP contribution in [0.1, 0.15) is 5.56 Å². The Morgan fingerprint density at radius 2 is 1.87 bits per heavy atom. The third-order valence-electron chi connectivity index (χ3n) is 5.13. The molecule has 156 valence electrons. The van der Waals surface area contributed by atoms with E-state index in [1.807, 2.05) is 0 Å². The van der Waals surface area contributed by atoms with E-state index in [0.29, 0.717) is 54.6 Å². The predicted octanol–water partition coefficient (Wildman–Crippen LogP) is 3.31. The van der Waals surface area contributed by atoms with Gasteiger partial charge in [-0.2, -0.15) is 0 Å². The average molecular weight is 431 g/mol. The number of carbonyl (C=O) groups is 1. The number of nitrogens with zero attached hydrogens (tertiary/aromatic N) is 2. The Kier molecular flexibility index (Phi) is 6.01. The van der Waals surface area contributed by atoms with E-state index in [1.54, 1.807) is 41.3 Å². The molecule has 1 aromatic heterocycles. The standard InChI is InChI=1S/C22H20ClFN2O4/c23-18-2-1-3-19(24)17(18)13-25-8-10-26(11-9-25)21(27)14-29-16-6-4-15-5-7-22(28)30-20(15)12-16/h1-7,12H,8-11,13-14H2. The predicted molar refractivity (Wildman–Crippen MR) is 111 cm³/mol. The van der Waals surface area contributed by atoms with Crippen molar-refractivity contribution in [1.29, 1.82) is 0 Å². The fraction of sp³-hybridized carbons (Fsp3) is 0.273. The first-order chi connectivity index (χ1) is 14.5. The van der Waals surface area contributed by atoms with E-state index in [2.05, 4.69) is 4.90 Å². The Bertz CT molecular complexity index is 1110. The summed E-state index contributed by atoms with van der Waals surface area (Å²) < 4.78 is 24.7. The summed E-state index contributed by atoms with van der Waals surface area (Å²) in [4.78, 5) is 27.6. The fourth-order valence-corrected chi connectivity index (χ4v) is 3.65. The van der Waals surface area contributed by atoms with Crippen molar-refractivity contribution in [2.45, 2.75) is 6.54 Å². The molecule has 8 heteroatoms. The van der Waals surface area contributed by atoms with Gasteiger partial charge in [-0.15, -0.1) is 0 Å². The van der Waals surface area contributed by atoms with Crippen molar-refractivity contribution in [3.8, 4) is 5.75 Å². The Morgan fingerprint density at radius 3 is 2.63 bits per heavy atom. The molecule has 0 aliphatic carbocycles. The van der Waals surface area contributed by atoms with Crippen molar-refractivity contribution in [2.75, 3.05) is 32.8 Å². The van der Waals surface area contributed by atoms with Gasteiger partial charge in [-0.05, 0) is 30.3 Å². The maximum atomic E-state index is 14.0. The number of hydrogen-bond donors (Lipinski definition) is 0. The molecule has 1 saturated heterocycles. The van der Waals surface area contributed by atoms with Crippen LogP contribution in [0.4, 0.5) is 4.39 Å². The summed E-state index contributed by atoms with van der Waals surface area (Å²) in [7, 11) is 0. The monoisotopic (exact) mass is 430 g/mol. The summed E-state index contributed by atoms with van der Waals surface area (Å²) in [5.41, 5.74) is 0.448. The van der Waals surface area contributed by atoms with Gasteiger partial charge in [0, 0.05) is 60.8 Å². The topological polar surface area (TPSA) is 63.0 Å². The number of fused-ring (bicyclic) bond motifs is 1. The van der Waals surface area contributed by atoms with Crippen molar-refractivity contribution in [1.82, 2.24) is 9.80 Å². The largest absolute Gasteiger partial charge is 0.484 e. The van der Waals surface area contributed by atoms with Crippen LogP contribution >= 0.6 is 11.6 Å². The second kappa shape index (κ2) is 8.85. The summed E-state index contributed by atoms with van der Waals surface area (Å²) >= 11 is 6.10. The van der Waals surface area contributed by atoms with Gasteiger partial charge in [0.2, 0.25) is 0 Å². The van der Waals surface area contributed by atoms with Crippen molar-refractivity contribution in [2.24, 2.45) is 0 Å². The number of carbonyl (C=O) groups excluding carboxylic acids is 1. The van der Waals surface area contributed by atoms with Gasteiger partial charge >= 0.3 is 5.63 Å². The lowest BCUT2D eigenvalue weighted by Gasteiger charge is -2.34. The number of ether oxygens (including phenoxy) is 1. The van der Waals surface area contributed by atoms with Crippen LogP contribution in [-0.2, 0) is 11.3 Å². The molecule has 6 nitrogen and oxygen atoms in total. The molecule has 1 fully saturated rings. The highest BCUT2D eigenvalue weighted by Gasteiger charge is 2.22. The highest BCUT2D eigenvalue weighted by molar-refractivity contribution is 6.31. The molecule has 0 bridgehead atoms. The van der Waals surface area contributed by atoms with E-state index < -0.39 is 5.63 Å². The first-order valence-electron chi connectivity index (χ1n) is 9.59. The molecule has 2 heterocycles. The first kappa shape index (κ1) is 20.4. The normalized spacial score (nSPS) is 14.8. The SMILES string of the molecule is O=C(COc1ccc2ccc(=O)oc2c1)N1CCN(Cc2c(F)cccc2Cl)CC1. The number of hydrogen-bond acceptors (Lipinski definition) is 5. The second-order valence-electron chi connectivity index (χ2n) is 7.10. The minimum atomic E-state index is -0.440. The van der Waals surface area contributed by atoms with E-state index in [0.717, 1.165) is 5.39 Å². The smallest absolute Gasteiger partial charge is 0.336 e. The maximum absolute atomic E-state index is 14.0. The lowest BCUT2D eigenvalue weighted by molar-refractivity contribution is -0.135. The quantitative estimate of drug-likeness (QED) is 0.581. The van der Waals surface area contributed by atoms with Crippen LogP contribution in [0, 0.1) is 5.82 Å². The van der Waals surface area contributed by atoms with Gasteiger partial charge in [-0.25, -0.2) is 9.18 Å². The van der Waals surface area contributed by atoms with Gasteiger partial charge in [-0.1, -0.05) is 17.7 Å². The summed E-state index contributed by atoms with van der Waals surface area (Å²) in [5, 5.41) is 1.19. The summed E-state index contributed by atoms with van der Waals surface area (Å²) in [6.07, 6.45) is 0. The molecule has 4 rings (SSSR count). The van der Waals surface area contributed by atoms with Gasteiger partial charge in [0.05, 0.1) is 0 Å². The third kappa shape index (κ3) is 4.63. The zero-order valence-corrected chi connectivity index (χ0v) is 16.9. The molecular formula is C22H20ClFN2O4. The summed E-state index contributed by atoms with van der Waals surface area (Å²) in [6, 6.07) is 12.8. The van der Waals surface area contributed by atoms with E-state index >= 15 is 0 Å². The number of benzene rings is 2. The van der Waals surface area contributed by atoms with Crippen LogP contribution in [0.2, 0.25) is 5.02 Å². The summed E-state index contributed by atoms with van der Waals surface area (Å²) in [6.45, 7) is 2.60. The Morgan fingerprint density at radius 1 is 1.10 bits per heavy atom. The van der Waals surface area contributed by atoms with Gasteiger partial charge in [0.25, 0.3) is 5.91 Å². The zero-order chi connectivity index (χ0) is 21.1. The minimum absolute atomic E-state index is 0.109. The van der Waals surface area contributed by atoms with E-state index in [9.17, 15) is 14.0 Å². The van der Waals surface area contributed by atoms with Crippen molar-refractivity contribution < 1.29 is 18.3 Å². The molecule has 30 heavy (non-hydrogen) atoms. The van der Waals surface area contributed by atoms with Crippen LogP contribution in [0.25, 0.3) is 11.0 Å². The average Bonchev–Trinajstić information content (AvgIpc) is 2.75. The Labute approximate surface area is 177 Å². The third-order valence-corrected chi connectivity index (χ3v) is 5.48. The molecule has 0 N–H and O–H groups in total. The molecule has 1 aliphatic rings. The van der Waals surface area contributed by atoms with Gasteiger partial charge in [0.1, 0.15) is 17.1 Å². The van der Waals surface area contributed by atoms with Gasteiger partial charge in [0.15, 0.2) is 6.61 Å². The number of halogens is 2. The molecule has 0 unspecified atom stereocenters. The van der Waals surface area contributed by atoms with E-state index in [-0.39, 0.29) is 18.3 Å². The second-order valence-corrected chi connectivity index (χ2v) is 7.51. The first-order valence-corrected chi connectivity index (χ1v) is 9.97. The number of amides is 1. The summed E-state index contributed by atoms with van der Waals surface area (Å²) in [5.74, 6) is 0.00633. The highest BCUT2D eigenvalue weighted by atomic mass is 35.5. The van der Waals surface area contributed by atoms with Gasteiger partial charge in [-0.3, -0.25) is 9.69 Å². The molecule has 2 aromatic carbocycles. The minimum Gasteiger partial charge on any atom is -0.484 e. The maximum Gasteiger partial charge on any atom is 0.336 e. The van der Waals surface area contributed by atoms with Crippen LogP contribution in [0.5, 0.6) is 5.75 Å². The molecule has 0 spiro atoms. The molecule has 3 aromatic rings. The lowest BCUT2D eigenvalue weighted by Crippen LogP contribution is -2.49. The molecule has 1 aliphatic heterocycles. The van der Waals surface area contributed by atoms with E-state index in [1.165, 1.54) is 12.1 Å². The van der Waals surface area contributed by atoms with Crippen LogP contribution < -0.4 is 10.4 Å². The fourth-order valence-electron chi connectivity index (χ4n) is 3.43. The zero-order valence-electron chi connectivity index (χ0n) is 16.1. The van der Waals surface area contributed by atoms with Crippen LogP contribution in [0.3, 0.4) is 0 Å². The van der Waals surface area contributed by atoms with Crippen LogP contribution in [0.15, 0.2) is 57.7 Å². The van der Waals surface area contributed by atoms with Crippen molar-refractivity contribution in [3.05, 3.63) is 75.4 Å². The van der Waals surface area contributed by atoms with Crippen molar-refractivity contribution >= 4 is 28.5 Å². The Hall–Kier alpha value is -2.90. The molecule has 0 atom stereocenters. The Balaban J connectivity index is 1.30. The van der Waals surface area contributed by atoms with Crippen LogP contribution in [-0.4, -0.2) is 48.5 Å².